The molecule has 4 rings (SSSR count). The molecule has 1 atom stereocenters. The first-order chi connectivity index (χ1) is 18.8. The van der Waals surface area contributed by atoms with Crippen molar-refractivity contribution in [2.24, 2.45) is 0 Å². The number of pyridine rings is 1. The number of ether oxygens (including phenoxy) is 3. The van der Waals surface area contributed by atoms with Crippen LogP contribution in [-0.4, -0.2) is 30.3 Å². The third-order valence-electron chi connectivity index (χ3n) is 5.99. The van der Waals surface area contributed by atoms with E-state index in [0.29, 0.717) is 38.2 Å². The minimum atomic E-state index is -0.759. The minimum absolute atomic E-state index is 0.0460. The first-order valence-corrected chi connectivity index (χ1v) is 12.6. The highest BCUT2D eigenvalue weighted by atomic mass is 35.5. The molecule has 0 saturated carbocycles. The van der Waals surface area contributed by atoms with Gasteiger partial charge < -0.3 is 24.6 Å². The van der Waals surface area contributed by atoms with E-state index in [1.807, 2.05) is 0 Å². The van der Waals surface area contributed by atoms with Crippen molar-refractivity contribution in [1.82, 2.24) is 4.98 Å². The summed E-state index contributed by atoms with van der Waals surface area (Å²) in [6.45, 7) is 0.281. The van der Waals surface area contributed by atoms with Crippen molar-refractivity contribution >= 4 is 34.9 Å². The molecular formula is C29H25Cl2FN2O5. The van der Waals surface area contributed by atoms with Crippen LogP contribution in [0.15, 0.2) is 73.1 Å². The molecule has 0 spiro atoms. The summed E-state index contributed by atoms with van der Waals surface area (Å²) >= 11 is 12.7. The number of rotatable bonds is 10. The summed E-state index contributed by atoms with van der Waals surface area (Å²) in [7, 11) is 3.05. The van der Waals surface area contributed by atoms with E-state index in [1.165, 1.54) is 44.8 Å². The van der Waals surface area contributed by atoms with Crippen molar-refractivity contribution in [3.63, 3.8) is 0 Å². The van der Waals surface area contributed by atoms with E-state index in [1.54, 1.807) is 42.5 Å². The van der Waals surface area contributed by atoms with Crippen molar-refractivity contribution in [3.05, 3.63) is 111 Å². The second-order valence-electron chi connectivity index (χ2n) is 8.51. The Labute approximate surface area is 235 Å². The van der Waals surface area contributed by atoms with E-state index in [9.17, 15) is 14.3 Å². The number of hydrogen-bond acceptors (Lipinski definition) is 7. The van der Waals surface area contributed by atoms with Gasteiger partial charge in [0, 0.05) is 31.4 Å². The zero-order valence-electron chi connectivity index (χ0n) is 21.1. The lowest BCUT2D eigenvalue weighted by Gasteiger charge is -2.21. The summed E-state index contributed by atoms with van der Waals surface area (Å²) in [6, 6.07) is 15.7. The second kappa shape index (κ2) is 12.7. The molecule has 7 nitrogen and oxygen atoms in total. The van der Waals surface area contributed by atoms with E-state index in [2.05, 4.69) is 10.3 Å². The topological polar surface area (TPSA) is 89.9 Å². The summed E-state index contributed by atoms with van der Waals surface area (Å²) in [6.07, 6.45) is 2.39. The SMILES string of the molecule is COc1ccc([C@H](Cc2c(Cl)cncc2Cl)OC(=O)c2ccc(CNc3cc(O)ccc3F)cc2)cc1OC. The fourth-order valence-electron chi connectivity index (χ4n) is 3.90. The number of aromatic hydroxyl groups is 1. The summed E-state index contributed by atoms with van der Waals surface area (Å²) < 4.78 is 30.6. The van der Waals surface area contributed by atoms with Crippen LogP contribution in [0, 0.1) is 5.82 Å². The smallest absolute Gasteiger partial charge is 0.338 e. The van der Waals surface area contributed by atoms with Gasteiger partial charge in [0.15, 0.2) is 11.5 Å². The number of anilines is 1. The molecule has 0 unspecified atom stereocenters. The van der Waals surface area contributed by atoms with Gasteiger partial charge in [-0.1, -0.05) is 41.4 Å². The third kappa shape index (κ3) is 6.90. The lowest BCUT2D eigenvalue weighted by Crippen LogP contribution is -2.15. The van der Waals surface area contributed by atoms with E-state index < -0.39 is 17.9 Å². The van der Waals surface area contributed by atoms with Gasteiger partial charge in [-0.05, 0) is 53.1 Å². The van der Waals surface area contributed by atoms with Gasteiger partial charge in [0.1, 0.15) is 17.7 Å². The maximum absolute atomic E-state index is 13.9. The predicted molar refractivity (Wildman–Crippen MR) is 147 cm³/mol. The summed E-state index contributed by atoms with van der Waals surface area (Å²) in [5, 5.41) is 13.2. The second-order valence-corrected chi connectivity index (χ2v) is 9.32. The van der Waals surface area contributed by atoms with Crippen LogP contribution in [0.2, 0.25) is 10.0 Å². The Kier molecular flexibility index (Phi) is 9.11. The Morgan fingerprint density at radius 2 is 1.67 bits per heavy atom. The fraction of sp³-hybridized carbons (Fsp3) is 0.172. The Bertz CT molecular complexity index is 1450. The molecule has 0 amide bonds. The van der Waals surface area contributed by atoms with E-state index in [4.69, 9.17) is 37.4 Å². The number of carbonyl (C=O) groups is 1. The summed E-state index contributed by atoms with van der Waals surface area (Å²) in [4.78, 5) is 17.2. The van der Waals surface area contributed by atoms with Crippen molar-refractivity contribution in [2.45, 2.75) is 19.1 Å². The summed E-state index contributed by atoms with van der Waals surface area (Å²) in [5.41, 5.74) is 2.52. The number of hydrogen-bond donors (Lipinski definition) is 2. The number of phenolic OH excluding ortho intramolecular Hbond substituents is 1. The Morgan fingerprint density at radius 3 is 2.33 bits per heavy atom. The molecule has 39 heavy (non-hydrogen) atoms. The predicted octanol–water partition coefficient (Wildman–Crippen LogP) is 7.00. The molecule has 0 aliphatic heterocycles. The van der Waals surface area contributed by atoms with E-state index >= 15 is 0 Å². The van der Waals surface area contributed by atoms with E-state index in [0.717, 1.165) is 5.56 Å². The monoisotopic (exact) mass is 570 g/mol. The maximum Gasteiger partial charge on any atom is 0.338 e. The average molecular weight is 571 g/mol. The molecule has 10 heteroatoms. The molecule has 0 aliphatic rings. The van der Waals surface area contributed by atoms with Crippen molar-refractivity contribution in [2.75, 3.05) is 19.5 Å². The minimum Gasteiger partial charge on any atom is -0.508 e. The number of aromatic nitrogens is 1. The van der Waals surface area contributed by atoms with Gasteiger partial charge in [-0.25, -0.2) is 9.18 Å². The number of methoxy groups -OCH3 is 2. The van der Waals surface area contributed by atoms with Gasteiger partial charge in [-0.3, -0.25) is 4.98 Å². The van der Waals surface area contributed by atoms with Crippen LogP contribution in [0.4, 0.5) is 10.1 Å². The van der Waals surface area contributed by atoms with Crippen molar-refractivity contribution < 1.29 is 28.5 Å². The largest absolute Gasteiger partial charge is 0.508 e. The molecule has 0 aliphatic carbocycles. The van der Waals surface area contributed by atoms with Gasteiger partial charge in [0.25, 0.3) is 0 Å². The Hall–Kier alpha value is -4.01. The molecule has 2 N–H and O–H groups in total. The van der Waals surface area contributed by atoms with Crippen LogP contribution >= 0.6 is 23.2 Å². The fourth-order valence-corrected chi connectivity index (χ4v) is 4.42. The standard InChI is InChI=1S/C29H25Cl2FN2O5/c1-37-26-10-7-19(11-28(26)38-2)27(13-21-22(30)15-33-16-23(21)31)39-29(36)18-5-3-17(4-6-18)14-34-25-12-20(35)8-9-24(25)32/h3-12,15-16,27,34-35H,13-14H2,1-2H3/t27-/m0/s1. The van der Waals surface area contributed by atoms with Crippen LogP contribution in [0.25, 0.3) is 0 Å². The third-order valence-corrected chi connectivity index (χ3v) is 6.64. The van der Waals surface area contributed by atoms with Gasteiger partial charge in [-0.15, -0.1) is 0 Å². The van der Waals surface area contributed by atoms with Crippen LogP contribution in [0.5, 0.6) is 17.2 Å². The number of benzene rings is 3. The zero-order chi connectivity index (χ0) is 27.9. The quantitative estimate of drug-likeness (QED) is 0.198. The number of esters is 1. The number of nitrogens with one attached hydrogen (secondary N) is 1. The van der Waals surface area contributed by atoms with Crippen LogP contribution in [0.3, 0.4) is 0 Å². The lowest BCUT2D eigenvalue weighted by molar-refractivity contribution is 0.0297. The first kappa shape index (κ1) is 28.0. The van der Waals surface area contributed by atoms with Crippen LogP contribution in [0.1, 0.15) is 33.2 Å². The highest BCUT2D eigenvalue weighted by Gasteiger charge is 2.23. The lowest BCUT2D eigenvalue weighted by atomic mass is 10.0. The molecule has 3 aromatic carbocycles. The molecule has 1 heterocycles. The molecule has 0 radical (unpaired) electrons. The number of nitrogens with zero attached hydrogens (tertiary/aromatic N) is 1. The molecule has 4 aromatic rings. The molecule has 0 saturated heterocycles. The van der Waals surface area contributed by atoms with Crippen LogP contribution < -0.4 is 14.8 Å². The first-order valence-electron chi connectivity index (χ1n) is 11.8. The van der Waals surface area contributed by atoms with Gasteiger partial charge >= 0.3 is 5.97 Å². The molecular weight excluding hydrogens is 546 g/mol. The van der Waals surface area contributed by atoms with Gasteiger partial charge in [0.2, 0.25) is 0 Å². The van der Waals surface area contributed by atoms with Crippen molar-refractivity contribution in [3.8, 4) is 17.2 Å². The number of phenols is 1. The normalized spacial score (nSPS) is 11.5. The molecule has 202 valence electrons. The van der Waals surface area contributed by atoms with Gasteiger partial charge in [0.05, 0.1) is 35.5 Å². The molecule has 0 bridgehead atoms. The van der Waals surface area contributed by atoms with Gasteiger partial charge in [-0.2, -0.15) is 0 Å². The Morgan fingerprint density at radius 1 is 0.974 bits per heavy atom. The Balaban J connectivity index is 1.54. The van der Waals surface area contributed by atoms with Crippen molar-refractivity contribution in [1.29, 1.82) is 0 Å². The number of carbonyl (C=O) groups excluding carboxylic acids is 1. The highest BCUT2D eigenvalue weighted by Crippen LogP contribution is 2.35. The van der Waals surface area contributed by atoms with Crippen LogP contribution in [-0.2, 0) is 17.7 Å². The number of halogens is 3. The molecule has 0 fully saturated rings. The summed E-state index contributed by atoms with van der Waals surface area (Å²) in [5.74, 6) is -0.0855. The van der Waals surface area contributed by atoms with E-state index in [-0.39, 0.29) is 24.4 Å². The zero-order valence-corrected chi connectivity index (χ0v) is 22.6. The highest BCUT2D eigenvalue weighted by molar-refractivity contribution is 6.35. The molecule has 1 aromatic heterocycles. The average Bonchev–Trinajstić information content (AvgIpc) is 2.94. The maximum atomic E-state index is 13.9.